The number of hydrogen-bond acceptors (Lipinski definition) is 7. The lowest BCUT2D eigenvalue weighted by molar-refractivity contribution is -0.158. The SMILES string of the molecule is CCCCN1C(=O)NC(=O)C(C2(C3C(=O)NC(=O)N(CCCC)C3=O)C(=O)Nc3ccccc32)C1=O. The molecule has 36 heavy (non-hydrogen) atoms. The van der Waals surface area contributed by atoms with Gasteiger partial charge in [0.2, 0.25) is 29.5 Å². The molecule has 0 saturated carbocycles. The highest BCUT2D eigenvalue weighted by Crippen LogP contribution is 2.50. The van der Waals surface area contributed by atoms with Crippen molar-refractivity contribution in [2.45, 2.75) is 44.9 Å². The zero-order chi connectivity index (χ0) is 26.2. The summed E-state index contributed by atoms with van der Waals surface area (Å²) in [6, 6.07) is 4.25. The molecule has 0 spiro atoms. The predicted molar refractivity (Wildman–Crippen MR) is 124 cm³/mol. The fraction of sp³-hybridized carbons (Fsp3) is 0.458. The van der Waals surface area contributed by atoms with Crippen LogP contribution in [0.1, 0.15) is 45.1 Å². The summed E-state index contributed by atoms with van der Waals surface area (Å²) in [4.78, 5) is 94.4. The van der Waals surface area contributed by atoms with Gasteiger partial charge in [-0.25, -0.2) is 9.59 Å². The average molecular weight is 498 g/mol. The number of carbonyl (C=O) groups is 7. The first-order valence-electron chi connectivity index (χ1n) is 11.9. The Morgan fingerprint density at radius 3 is 1.67 bits per heavy atom. The summed E-state index contributed by atoms with van der Waals surface area (Å²) >= 11 is 0. The van der Waals surface area contributed by atoms with Gasteiger partial charge in [0, 0.05) is 18.8 Å². The maximum Gasteiger partial charge on any atom is 0.330 e. The van der Waals surface area contributed by atoms with Crippen LogP contribution in [-0.2, 0) is 29.4 Å². The number of amides is 9. The lowest BCUT2D eigenvalue weighted by Crippen LogP contribution is -2.71. The fourth-order valence-electron chi connectivity index (χ4n) is 5.13. The lowest BCUT2D eigenvalue weighted by atomic mass is 9.60. The van der Waals surface area contributed by atoms with Crippen LogP contribution >= 0.6 is 0 Å². The maximum atomic E-state index is 13.8. The molecule has 3 heterocycles. The molecule has 2 unspecified atom stereocenters. The summed E-state index contributed by atoms with van der Waals surface area (Å²) in [5, 5.41) is 6.83. The predicted octanol–water partition coefficient (Wildman–Crippen LogP) is 0.866. The molecule has 3 aliphatic heterocycles. The Bertz CT molecular complexity index is 1120. The molecule has 0 aromatic heterocycles. The molecule has 2 atom stereocenters. The first kappa shape index (κ1) is 25.0. The minimum Gasteiger partial charge on any atom is -0.325 e. The Kier molecular flexibility index (Phi) is 6.61. The van der Waals surface area contributed by atoms with Gasteiger partial charge in [0.15, 0.2) is 0 Å². The largest absolute Gasteiger partial charge is 0.330 e. The van der Waals surface area contributed by atoms with E-state index in [9.17, 15) is 33.6 Å². The molecule has 190 valence electrons. The molecule has 1 aromatic carbocycles. The van der Waals surface area contributed by atoms with Crippen LogP contribution in [0.4, 0.5) is 15.3 Å². The molecular formula is C24H27N5O7. The van der Waals surface area contributed by atoms with E-state index in [0.717, 1.165) is 9.80 Å². The highest BCUT2D eigenvalue weighted by Gasteiger charge is 2.69. The van der Waals surface area contributed by atoms with E-state index in [-0.39, 0.29) is 24.3 Å². The van der Waals surface area contributed by atoms with E-state index in [4.69, 9.17) is 0 Å². The number of para-hydroxylation sites is 1. The smallest absolute Gasteiger partial charge is 0.325 e. The monoisotopic (exact) mass is 497 g/mol. The van der Waals surface area contributed by atoms with Gasteiger partial charge in [0.25, 0.3) is 0 Å². The van der Waals surface area contributed by atoms with E-state index in [0.29, 0.717) is 25.7 Å². The highest BCUT2D eigenvalue weighted by atomic mass is 16.2. The number of nitrogens with zero attached hydrogens (tertiary/aromatic N) is 2. The van der Waals surface area contributed by atoms with Gasteiger partial charge in [-0.1, -0.05) is 44.9 Å². The molecule has 12 nitrogen and oxygen atoms in total. The van der Waals surface area contributed by atoms with Gasteiger partial charge >= 0.3 is 12.1 Å². The van der Waals surface area contributed by atoms with Crippen LogP contribution in [0.25, 0.3) is 0 Å². The second-order valence-electron chi connectivity index (χ2n) is 9.01. The summed E-state index contributed by atoms with van der Waals surface area (Å²) in [7, 11) is 0. The van der Waals surface area contributed by atoms with Crippen LogP contribution in [0.2, 0.25) is 0 Å². The highest BCUT2D eigenvalue weighted by molar-refractivity contribution is 6.27. The summed E-state index contributed by atoms with van der Waals surface area (Å²) in [5.41, 5.74) is -2.01. The minimum atomic E-state index is -2.32. The Morgan fingerprint density at radius 1 is 0.722 bits per heavy atom. The van der Waals surface area contributed by atoms with Crippen molar-refractivity contribution >= 4 is 47.3 Å². The second kappa shape index (κ2) is 9.51. The van der Waals surface area contributed by atoms with Gasteiger partial charge in [-0.15, -0.1) is 0 Å². The van der Waals surface area contributed by atoms with Crippen LogP contribution in [-0.4, -0.2) is 64.5 Å². The van der Waals surface area contributed by atoms with Crippen molar-refractivity contribution in [1.82, 2.24) is 20.4 Å². The molecule has 1 aromatic rings. The van der Waals surface area contributed by atoms with Crippen LogP contribution in [0.3, 0.4) is 0 Å². The summed E-state index contributed by atoms with van der Waals surface area (Å²) in [5.74, 6) is -8.89. The third kappa shape index (κ3) is 3.64. The molecule has 9 amide bonds. The Morgan fingerprint density at radius 2 is 1.19 bits per heavy atom. The molecular weight excluding hydrogens is 470 g/mol. The topological polar surface area (TPSA) is 162 Å². The zero-order valence-corrected chi connectivity index (χ0v) is 20.0. The molecule has 0 aliphatic carbocycles. The van der Waals surface area contributed by atoms with Gasteiger partial charge < -0.3 is 5.32 Å². The number of fused-ring (bicyclic) bond motifs is 1. The van der Waals surface area contributed by atoms with Crippen LogP contribution in [0.15, 0.2) is 24.3 Å². The summed E-state index contributed by atoms with van der Waals surface area (Å²) in [6.45, 7) is 3.67. The molecule has 3 aliphatic rings. The van der Waals surface area contributed by atoms with Crippen molar-refractivity contribution in [3.05, 3.63) is 29.8 Å². The van der Waals surface area contributed by atoms with Gasteiger partial charge in [0.1, 0.15) is 17.3 Å². The number of urea groups is 2. The molecule has 0 radical (unpaired) electrons. The van der Waals surface area contributed by atoms with E-state index in [1.54, 1.807) is 12.1 Å². The normalized spacial score (nSPS) is 26.1. The molecule has 12 heteroatoms. The number of unbranched alkanes of at least 4 members (excludes halogenated alkanes) is 2. The van der Waals surface area contributed by atoms with Gasteiger partial charge in [-0.2, -0.15) is 0 Å². The third-order valence-corrected chi connectivity index (χ3v) is 6.88. The van der Waals surface area contributed by atoms with Gasteiger partial charge in [-0.05, 0) is 24.5 Å². The van der Waals surface area contributed by atoms with Gasteiger partial charge in [-0.3, -0.25) is 44.4 Å². The van der Waals surface area contributed by atoms with E-state index < -0.39 is 58.8 Å². The number of anilines is 1. The van der Waals surface area contributed by atoms with E-state index in [1.165, 1.54) is 12.1 Å². The van der Waals surface area contributed by atoms with Gasteiger partial charge in [0.05, 0.1) is 0 Å². The Hall–Kier alpha value is -4.09. The van der Waals surface area contributed by atoms with Crippen molar-refractivity contribution in [1.29, 1.82) is 0 Å². The maximum absolute atomic E-state index is 13.8. The molecule has 4 rings (SSSR count). The summed E-state index contributed by atoms with van der Waals surface area (Å²) in [6.07, 6.45) is 2.17. The minimum absolute atomic E-state index is 0.0176. The number of rotatable bonds is 8. The molecule has 2 saturated heterocycles. The first-order chi connectivity index (χ1) is 17.2. The Labute approximate surface area is 206 Å². The van der Waals surface area contributed by atoms with Crippen molar-refractivity contribution < 1.29 is 33.6 Å². The number of barbiturate groups is 2. The standard InChI is InChI=1S/C24H27N5O7/c1-3-5-11-28-19(32)15(17(30)26-22(28)35)24(13-9-7-8-10-14(13)25-21(24)34)16-18(31)27-23(36)29(20(16)33)12-6-4-2/h7-10,15-16H,3-6,11-12H2,1-2H3,(H,25,34)(H,26,30,35)(H,27,31,36). The second-order valence-corrected chi connectivity index (χ2v) is 9.01. The molecule has 2 fully saturated rings. The van der Waals surface area contributed by atoms with Crippen LogP contribution in [0.5, 0.6) is 0 Å². The van der Waals surface area contributed by atoms with Crippen molar-refractivity contribution in [3.63, 3.8) is 0 Å². The van der Waals surface area contributed by atoms with E-state index in [2.05, 4.69) is 16.0 Å². The first-order valence-corrected chi connectivity index (χ1v) is 11.9. The fourth-order valence-corrected chi connectivity index (χ4v) is 5.13. The van der Waals surface area contributed by atoms with Crippen LogP contribution < -0.4 is 16.0 Å². The summed E-state index contributed by atoms with van der Waals surface area (Å²) < 4.78 is 0. The lowest BCUT2D eigenvalue weighted by Gasteiger charge is -2.44. The zero-order valence-electron chi connectivity index (χ0n) is 20.0. The molecule has 0 bridgehead atoms. The quantitative estimate of drug-likeness (QED) is 0.449. The van der Waals surface area contributed by atoms with E-state index >= 15 is 0 Å². The molecule has 3 N–H and O–H groups in total. The van der Waals surface area contributed by atoms with E-state index in [1.807, 2.05) is 13.8 Å². The average Bonchev–Trinajstić information content (AvgIpc) is 3.10. The third-order valence-electron chi connectivity index (χ3n) is 6.88. The van der Waals surface area contributed by atoms with Crippen molar-refractivity contribution in [3.8, 4) is 0 Å². The Balaban J connectivity index is 1.93. The van der Waals surface area contributed by atoms with Crippen molar-refractivity contribution in [2.75, 3.05) is 18.4 Å². The number of nitrogens with one attached hydrogen (secondary N) is 3. The number of imide groups is 4. The van der Waals surface area contributed by atoms with Crippen molar-refractivity contribution in [2.24, 2.45) is 11.8 Å². The number of hydrogen-bond donors (Lipinski definition) is 3. The van der Waals surface area contributed by atoms with Crippen LogP contribution in [0, 0.1) is 11.8 Å². The number of carbonyl (C=O) groups excluding carboxylic acids is 7. The number of benzene rings is 1.